The highest BCUT2D eigenvalue weighted by molar-refractivity contribution is 5.05. The maximum atomic E-state index is 5.52. The van der Waals surface area contributed by atoms with Crippen molar-refractivity contribution in [2.75, 3.05) is 33.5 Å². The van der Waals surface area contributed by atoms with Crippen LogP contribution in [0.5, 0.6) is 0 Å². The van der Waals surface area contributed by atoms with Crippen LogP contribution in [-0.4, -0.2) is 43.3 Å². The summed E-state index contributed by atoms with van der Waals surface area (Å²) in [5.41, 5.74) is 1.02. The maximum Gasteiger partial charge on any atom is 0.0817 e. The molecule has 5 nitrogen and oxygen atoms in total. The van der Waals surface area contributed by atoms with Crippen molar-refractivity contribution in [2.45, 2.75) is 13.0 Å². The molecule has 5 heteroatoms. The van der Waals surface area contributed by atoms with Gasteiger partial charge in [0.1, 0.15) is 0 Å². The Labute approximate surface area is 96.7 Å². The molecule has 1 unspecified atom stereocenters. The topological polar surface area (TPSA) is 48.3 Å². The average Bonchev–Trinajstić information content (AvgIpc) is 2.69. The van der Waals surface area contributed by atoms with Gasteiger partial charge in [0.25, 0.3) is 0 Å². The Hall–Kier alpha value is -0.910. The van der Waals surface area contributed by atoms with Crippen LogP contribution in [-0.2, 0) is 16.5 Å². The molecule has 1 aromatic rings. The van der Waals surface area contributed by atoms with Gasteiger partial charge in [-0.1, -0.05) is 6.92 Å². The van der Waals surface area contributed by atoms with Crippen molar-refractivity contribution in [2.24, 2.45) is 7.05 Å². The fourth-order valence-corrected chi connectivity index (χ4v) is 1.46. The lowest BCUT2D eigenvalue weighted by molar-refractivity contribution is 0.0581. The van der Waals surface area contributed by atoms with E-state index < -0.39 is 0 Å². The molecule has 1 atom stereocenters. The highest BCUT2D eigenvalue weighted by atomic mass is 16.5. The molecule has 0 aliphatic rings. The number of likely N-dealkylation sites (N-methyl/N-ethyl adjacent to an activating group) is 1. The van der Waals surface area contributed by atoms with Crippen molar-refractivity contribution in [3.05, 3.63) is 18.0 Å². The van der Waals surface area contributed by atoms with Crippen LogP contribution in [0, 0.1) is 0 Å². The molecule has 0 amide bonds. The molecule has 0 aliphatic carbocycles. The highest BCUT2D eigenvalue weighted by Gasteiger charge is 2.12. The van der Waals surface area contributed by atoms with Crippen LogP contribution in [0.1, 0.15) is 18.7 Å². The van der Waals surface area contributed by atoms with E-state index in [-0.39, 0.29) is 6.04 Å². The van der Waals surface area contributed by atoms with Crippen LogP contribution in [0.3, 0.4) is 0 Å². The smallest absolute Gasteiger partial charge is 0.0817 e. The largest absolute Gasteiger partial charge is 0.382 e. The minimum atomic E-state index is 0.156. The van der Waals surface area contributed by atoms with Crippen LogP contribution >= 0.6 is 0 Å². The standard InChI is InChI=1S/C11H21N3O2/c1-4-12-11(9-16-8-7-15-3)10-5-6-14(2)13-10/h5-6,11-12H,4,7-9H2,1-3H3. The first-order valence-electron chi connectivity index (χ1n) is 5.57. The Morgan fingerprint density at radius 2 is 2.31 bits per heavy atom. The van der Waals surface area contributed by atoms with Gasteiger partial charge < -0.3 is 14.8 Å². The van der Waals surface area contributed by atoms with Crippen molar-refractivity contribution in [1.82, 2.24) is 15.1 Å². The molecule has 0 bridgehead atoms. The van der Waals surface area contributed by atoms with Crippen molar-refractivity contribution in [3.63, 3.8) is 0 Å². The molecular weight excluding hydrogens is 206 g/mol. The van der Waals surface area contributed by atoms with E-state index >= 15 is 0 Å². The third-order valence-electron chi connectivity index (χ3n) is 2.26. The summed E-state index contributed by atoms with van der Waals surface area (Å²) in [5.74, 6) is 0. The van der Waals surface area contributed by atoms with Gasteiger partial charge in [0.2, 0.25) is 0 Å². The van der Waals surface area contributed by atoms with Gasteiger partial charge in [0.05, 0.1) is 31.6 Å². The highest BCUT2D eigenvalue weighted by Crippen LogP contribution is 2.10. The normalized spacial score (nSPS) is 12.9. The van der Waals surface area contributed by atoms with Gasteiger partial charge in [-0.25, -0.2) is 0 Å². The lowest BCUT2D eigenvalue weighted by atomic mass is 10.2. The van der Waals surface area contributed by atoms with Gasteiger partial charge in [0, 0.05) is 20.4 Å². The van der Waals surface area contributed by atoms with Gasteiger partial charge in [-0.3, -0.25) is 4.68 Å². The molecule has 0 spiro atoms. The SMILES string of the molecule is CCNC(COCCOC)c1ccn(C)n1. The van der Waals surface area contributed by atoms with Crippen molar-refractivity contribution in [3.8, 4) is 0 Å². The van der Waals surface area contributed by atoms with Crippen LogP contribution in [0.4, 0.5) is 0 Å². The molecule has 0 saturated carbocycles. The zero-order valence-electron chi connectivity index (χ0n) is 10.3. The number of ether oxygens (including phenoxy) is 2. The predicted molar refractivity (Wildman–Crippen MR) is 62.3 cm³/mol. The van der Waals surface area contributed by atoms with Crippen molar-refractivity contribution < 1.29 is 9.47 Å². The first-order valence-corrected chi connectivity index (χ1v) is 5.57. The molecule has 0 aromatic carbocycles. The van der Waals surface area contributed by atoms with Crippen LogP contribution in [0.25, 0.3) is 0 Å². The Balaban J connectivity index is 2.41. The molecule has 1 aromatic heterocycles. The molecule has 0 aliphatic heterocycles. The second-order valence-electron chi connectivity index (χ2n) is 3.59. The predicted octanol–water partition coefficient (Wildman–Crippen LogP) is 0.734. The molecule has 0 fully saturated rings. The van der Waals surface area contributed by atoms with Crippen molar-refractivity contribution >= 4 is 0 Å². The molecule has 0 saturated heterocycles. The van der Waals surface area contributed by atoms with E-state index in [1.165, 1.54) is 0 Å². The average molecular weight is 227 g/mol. The second-order valence-corrected chi connectivity index (χ2v) is 3.59. The number of rotatable bonds is 8. The number of aryl methyl sites for hydroxylation is 1. The summed E-state index contributed by atoms with van der Waals surface area (Å²) in [6.45, 7) is 4.83. The molecule has 0 radical (unpaired) electrons. The second kappa shape index (κ2) is 7.38. The fraction of sp³-hybridized carbons (Fsp3) is 0.727. The zero-order valence-corrected chi connectivity index (χ0v) is 10.3. The summed E-state index contributed by atoms with van der Waals surface area (Å²) in [6.07, 6.45) is 1.94. The molecule has 16 heavy (non-hydrogen) atoms. The summed E-state index contributed by atoms with van der Waals surface area (Å²) in [7, 11) is 3.59. The first-order chi connectivity index (χ1) is 7.77. The monoisotopic (exact) mass is 227 g/mol. The first kappa shape index (κ1) is 13.2. The Morgan fingerprint density at radius 3 is 2.88 bits per heavy atom. The lowest BCUT2D eigenvalue weighted by Gasteiger charge is -2.15. The lowest BCUT2D eigenvalue weighted by Crippen LogP contribution is -2.26. The van der Waals surface area contributed by atoms with Gasteiger partial charge in [0.15, 0.2) is 0 Å². The third-order valence-corrected chi connectivity index (χ3v) is 2.26. The van der Waals surface area contributed by atoms with E-state index in [0.717, 1.165) is 12.2 Å². The Kier molecular flexibility index (Phi) is 6.07. The number of hydrogen-bond donors (Lipinski definition) is 1. The van der Waals surface area contributed by atoms with E-state index in [4.69, 9.17) is 9.47 Å². The number of nitrogens with one attached hydrogen (secondary N) is 1. The number of nitrogens with zero attached hydrogens (tertiary/aromatic N) is 2. The van der Waals surface area contributed by atoms with Gasteiger partial charge >= 0.3 is 0 Å². The van der Waals surface area contributed by atoms with Gasteiger partial charge in [-0.2, -0.15) is 5.10 Å². The molecule has 1 heterocycles. The van der Waals surface area contributed by atoms with E-state index in [1.807, 2.05) is 19.3 Å². The van der Waals surface area contributed by atoms with Crippen LogP contribution in [0.15, 0.2) is 12.3 Å². The van der Waals surface area contributed by atoms with E-state index in [0.29, 0.717) is 19.8 Å². The minimum Gasteiger partial charge on any atom is -0.382 e. The van der Waals surface area contributed by atoms with E-state index in [2.05, 4.69) is 17.3 Å². The summed E-state index contributed by atoms with van der Waals surface area (Å²) in [5, 5.41) is 7.72. The van der Waals surface area contributed by atoms with Crippen molar-refractivity contribution in [1.29, 1.82) is 0 Å². The minimum absolute atomic E-state index is 0.156. The maximum absolute atomic E-state index is 5.52. The fourth-order valence-electron chi connectivity index (χ4n) is 1.46. The van der Waals surface area contributed by atoms with Gasteiger partial charge in [-0.15, -0.1) is 0 Å². The molecular formula is C11H21N3O2. The quantitative estimate of drug-likeness (QED) is 0.665. The third kappa shape index (κ3) is 4.30. The zero-order chi connectivity index (χ0) is 11.8. The summed E-state index contributed by atoms with van der Waals surface area (Å²) >= 11 is 0. The Morgan fingerprint density at radius 1 is 1.50 bits per heavy atom. The van der Waals surface area contributed by atoms with Crippen LogP contribution in [0.2, 0.25) is 0 Å². The van der Waals surface area contributed by atoms with E-state index in [9.17, 15) is 0 Å². The molecule has 1 N–H and O–H groups in total. The summed E-state index contributed by atoms with van der Waals surface area (Å²) < 4.78 is 12.2. The summed E-state index contributed by atoms with van der Waals surface area (Å²) in [4.78, 5) is 0. The number of hydrogen-bond acceptors (Lipinski definition) is 4. The van der Waals surface area contributed by atoms with Crippen LogP contribution < -0.4 is 5.32 Å². The van der Waals surface area contributed by atoms with Gasteiger partial charge in [-0.05, 0) is 12.6 Å². The number of methoxy groups -OCH3 is 1. The Bertz CT molecular complexity index is 289. The summed E-state index contributed by atoms with van der Waals surface area (Å²) in [6, 6.07) is 2.16. The number of aromatic nitrogens is 2. The molecule has 92 valence electrons. The molecule has 1 rings (SSSR count). The van der Waals surface area contributed by atoms with E-state index in [1.54, 1.807) is 11.8 Å².